The number of carbonyl (C=O) groups is 1. The number of piperidine rings is 1. The first kappa shape index (κ1) is 20.8. The molecular weight excluding hydrogens is 352 g/mol. The maximum Gasteiger partial charge on any atom is 0.410 e. The van der Waals surface area contributed by atoms with Crippen molar-refractivity contribution in [2.45, 2.75) is 52.7 Å². The predicted octanol–water partition coefficient (Wildman–Crippen LogP) is 4.48. The Morgan fingerprint density at radius 1 is 1.31 bits per heavy atom. The van der Waals surface area contributed by atoms with Crippen LogP contribution in [0.15, 0.2) is 18.2 Å². The van der Waals surface area contributed by atoms with Crippen molar-refractivity contribution in [3.8, 4) is 5.75 Å². The van der Waals surface area contributed by atoms with Crippen LogP contribution in [0, 0.1) is 5.92 Å². The van der Waals surface area contributed by atoms with Crippen LogP contribution in [0.5, 0.6) is 5.75 Å². The molecular formula is C20H31ClN2O3. The predicted molar refractivity (Wildman–Crippen MR) is 105 cm³/mol. The van der Waals surface area contributed by atoms with E-state index in [4.69, 9.17) is 21.1 Å². The van der Waals surface area contributed by atoms with Gasteiger partial charge in [-0.05, 0) is 70.7 Å². The lowest BCUT2D eigenvalue weighted by Crippen LogP contribution is -2.43. The SMILES string of the molecule is CCOc1ccc(CNCC2CCN(C(=O)OC(C)(C)C)CC2)cc1Cl. The number of ether oxygens (including phenoxy) is 2. The molecule has 26 heavy (non-hydrogen) atoms. The normalized spacial score (nSPS) is 15.8. The maximum atomic E-state index is 12.1. The Balaban J connectivity index is 1.70. The molecule has 0 spiro atoms. The van der Waals surface area contributed by atoms with Crippen molar-refractivity contribution in [1.82, 2.24) is 10.2 Å². The van der Waals surface area contributed by atoms with E-state index in [9.17, 15) is 4.79 Å². The van der Waals surface area contributed by atoms with Gasteiger partial charge < -0.3 is 19.7 Å². The summed E-state index contributed by atoms with van der Waals surface area (Å²) in [6.07, 6.45) is 1.79. The van der Waals surface area contributed by atoms with Gasteiger partial charge in [-0.15, -0.1) is 0 Å². The second kappa shape index (κ2) is 9.47. The molecule has 0 radical (unpaired) electrons. The molecule has 0 unspecified atom stereocenters. The first-order valence-corrected chi connectivity index (χ1v) is 9.76. The van der Waals surface area contributed by atoms with Gasteiger partial charge in [-0.3, -0.25) is 0 Å². The summed E-state index contributed by atoms with van der Waals surface area (Å²) in [7, 11) is 0. The molecule has 0 saturated carbocycles. The van der Waals surface area contributed by atoms with Crippen LogP contribution in [0.3, 0.4) is 0 Å². The van der Waals surface area contributed by atoms with Gasteiger partial charge in [0.05, 0.1) is 11.6 Å². The van der Waals surface area contributed by atoms with Gasteiger partial charge in [-0.1, -0.05) is 17.7 Å². The Morgan fingerprint density at radius 2 is 2.00 bits per heavy atom. The van der Waals surface area contributed by atoms with Crippen molar-refractivity contribution in [3.05, 3.63) is 28.8 Å². The lowest BCUT2D eigenvalue weighted by molar-refractivity contribution is 0.0184. The maximum absolute atomic E-state index is 12.1. The number of hydrogen-bond donors (Lipinski definition) is 1. The molecule has 0 bridgehead atoms. The van der Waals surface area contributed by atoms with E-state index in [1.807, 2.05) is 50.8 Å². The van der Waals surface area contributed by atoms with Gasteiger partial charge in [0.2, 0.25) is 0 Å². The average Bonchev–Trinajstić information content (AvgIpc) is 2.56. The van der Waals surface area contributed by atoms with Gasteiger partial charge in [0.25, 0.3) is 0 Å². The van der Waals surface area contributed by atoms with Gasteiger partial charge in [0.1, 0.15) is 11.4 Å². The van der Waals surface area contributed by atoms with E-state index < -0.39 is 5.60 Å². The molecule has 1 aromatic carbocycles. The number of nitrogens with zero attached hydrogens (tertiary/aromatic N) is 1. The molecule has 1 aliphatic heterocycles. The number of carbonyl (C=O) groups excluding carboxylic acids is 1. The summed E-state index contributed by atoms with van der Waals surface area (Å²) in [5.41, 5.74) is 0.707. The van der Waals surface area contributed by atoms with E-state index in [0.29, 0.717) is 17.5 Å². The zero-order valence-electron chi connectivity index (χ0n) is 16.3. The minimum Gasteiger partial charge on any atom is -0.492 e. The Morgan fingerprint density at radius 3 is 2.58 bits per heavy atom. The van der Waals surface area contributed by atoms with Crippen LogP contribution in [0.2, 0.25) is 5.02 Å². The molecule has 0 aliphatic carbocycles. The first-order valence-electron chi connectivity index (χ1n) is 9.38. The van der Waals surface area contributed by atoms with Crippen LogP contribution < -0.4 is 10.1 Å². The summed E-state index contributed by atoms with van der Waals surface area (Å²) in [4.78, 5) is 13.9. The third kappa shape index (κ3) is 6.69. The average molecular weight is 383 g/mol. The highest BCUT2D eigenvalue weighted by Gasteiger charge is 2.26. The van der Waals surface area contributed by atoms with E-state index in [-0.39, 0.29) is 6.09 Å². The standard InChI is InChI=1S/C20H31ClN2O3/c1-5-25-18-7-6-16(12-17(18)21)14-22-13-15-8-10-23(11-9-15)19(24)26-20(2,3)4/h6-7,12,15,22H,5,8-11,13-14H2,1-4H3. The molecule has 0 aromatic heterocycles. The summed E-state index contributed by atoms with van der Waals surface area (Å²) in [6.45, 7) is 11.5. The first-order chi connectivity index (χ1) is 12.3. The minimum absolute atomic E-state index is 0.201. The van der Waals surface area contributed by atoms with Gasteiger partial charge >= 0.3 is 6.09 Å². The Labute approximate surface area is 162 Å². The Hall–Kier alpha value is -1.46. The van der Waals surface area contributed by atoms with Crippen LogP contribution in [-0.4, -0.2) is 42.8 Å². The molecule has 146 valence electrons. The smallest absolute Gasteiger partial charge is 0.410 e. The van der Waals surface area contributed by atoms with Crippen LogP contribution in [0.4, 0.5) is 4.79 Å². The van der Waals surface area contributed by atoms with E-state index in [2.05, 4.69) is 5.32 Å². The molecule has 1 saturated heterocycles. The fraction of sp³-hybridized carbons (Fsp3) is 0.650. The van der Waals surface area contributed by atoms with Crippen molar-refractivity contribution < 1.29 is 14.3 Å². The zero-order chi connectivity index (χ0) is 19.2. The van der Waals surface area contributed by atoms with Crippen molar-refractivity contribution >= 4 is 17.7 Å². The number of benzene rings is 1. The third-order valence-electron chi connectivity index (χ3n) is 4.32. The van der Waals surface area contributed by atoms with Gasteiger partial charge in [-0.25, -0.2) is 4.79 Å². The van der Waals surface area contributed by atoms with E-state index in [0.717, 1.165) is 50.3 Å². The number of rotatable bonds is 6. The summed E-state index contributed by atoms with van der Waals surface area (Å²) >= 11 is 6.23. The number of nitrogens with one attached hydrogen (secondary N) is 1. The second-order valence-electron chi connectivity index (χ2n) is 7.74. The van der Waals surface area contributed by atoms with E-state index in [1.54, 1.807) is 0 Å². The molecule has 0 atom stereocenters. The zero-order valence-corrected chi connectivity index (χ0v) is 17.1. The molecule has 1 fully saturated rings. The lowest BCUT2D eigenvalue weighted by atomic mass is 9.97. The topological polar surface area (TPSA) is 50.8 Å². The summed E-state index contributed by atoms with van der Waals surface area (Å²) in [5, 5.41) is 4.15. The van der Waals surface area contributed by atoms with Gasteiger partial charge in [0.15, 0.2) is 0 Å². The molecule has 2 rings (SSSR count). The van der Waals surface area contributed by atoms with Crippen molar-refractivity contribution in [2.75, 3.05) is 26.2 Å². The molecule has 6 heteroatoms. The van der Waals surface area contributed by atoms with Crippen molar-refractivity contribution in [1.29, 1.82) is 0 Å². The number of hydrogen-bond acceptors (Lipinski definition) is 4. The van der Waals surface area contributed by atoms with Crippen LogP contribution >= 0.6 is 11.6 Å². The van der Waals surface area contributed by atoms with Gasteiger partial charge in [-0.2, -0.15) is 0 Å². The molecule has 1 amide bonds. The molecule has 1 N–H and O–H groups in total. The Bertz CT molecular complexity index is 593. The molecule has 1 heterocycles. The quantitative estimate of drug-likeness (QED) is 0.788. The number of likely N-dealkylation sites (tertiary alicyclic amines) is 1. The van der Waals surface area contributed by atoms with Crippen molar-refractivity contribution in [3.63, 3.8) is 0 Å². The van der Waals surface area contributed by atoms with Crippen LogP contribution in [0.25, 0.3) is 0 Å². The van der Waals surface area contributed by atoms with Gasteiger partial charge in [0, 0.05) is 19.6 Å². The largest absolute Gasteiger partial charge is 0.492 e. The summed E-state index contributed by atoms with van der Waals surface area (Å²) in [5.74, 6) is 1.30. The number of amides is 1. The van der Waals surface area contributed by atoms with Crippen molar-refractivity contribution in [2.24, 2.45) is 5.92 Å². The monoisotopic (exact) mass is 382 g/mol. The molecule has 1 aliphatic rings. The van der Waals surface area contributed by atoms with E-state index in [1.165, 1.54) is 0 Å². The third-order valence-corrected chi connectivity index (χ3v) is 4.62. The fourth-order valence-corrected chi connectivity index (χ4v) is 3.25. The molecule has 1 aromatic rings. The van der Waals surface area contributed by atoms with E-state index >= 15 is 0 Å². The highest BCUT2D eigenvalue weighted by Crippen LogP contribution is 2.25. The molecule has 5 nitrogen and oxygen atoms in total. The highest BCUT2D eigenvalue weighted by atomic mass is 35.5. The summed E-state index contributed by atoms with van der Waals surface area (Å²) in [6, 6.07) is 5.90. The van der Waals surface area contributed by atoms with Crippen LogP contribution in [0.1, 0.15) is 46.1 Å². The lowest BCUT2D eigenvalue weighted by Gasteiger charge is -2.33. The Kier molecular flexibility index (Phi) is 7.59. The second-order valence-corrected chi connectivity index (χ2v) is 8.15. The highest BCUT2D eigenvalue weighted by molar-refractivity contribution is 6.32. The summed E-state index contributed by atoms with van der Waals surface area (Å²) < 4.78 is 10.9. The van der Waals surface area contributed by atoms with Crippen LogP contribution in [-0.2, 0) is 11.3 Å². The fourth-order valence-electron chi connectivity index (χ4n) is 2.99. The minimum atomic E-state index is -0.436. The number of halogens is 1.